The quantitative estimate of drug-likeness (QED) is 0.211. The molecule has 2 amide bonds. The number of carbonyl (C=O) groups is 2. The molecular weight excluding hydrogens is 592 g/mol. The zero-order valence-corrected chi connectivity index (χ0v) is 24.7. The largest absolute Gasteiger partial charge is 0.328 e. The maximum Gasteiger partial charge on any atom is 0.277 e. The highest BCUT2D eigenvalue weighted by Gasteiger charge is 2.69. The van der Waals surface area contributed by atoms with Crippen molar-refractivity contribution in [2.75, 3.05) is 18.9 Å². The molecule has 2 N–H and O–H groups in total. The van der Waals surface area contributed by atoms with Crippen molar-refractivity contribution in [3.63, 3.8) is 0 Å². The predicted molar refractivity (Wildman–Crippen MR) is 160 cm³/mol. The lowest BCUT2D eigenvalue weighted by atomic mass is 9.70. The molecular formula is C32H28Cl2FN5O3. The minimum atomic E-state index is -1.21. The average molecular weight is 621 g/mol. The molecule has 2 fully saturated rings. The fourth-order valence-corrected chi connectivity index (χ4v) is 8.27. The van der Waals surface area contributed by atoms with E-state index in [1.807, 2.05) is 12.1 Å². The number of carbonyl (C=O) groups excluding carboxylic acids is 2. The lowest BCUT2D eigenvalue weighted by Crippen LogP contribution is -2.53. The Kier molecular flexibility index (Phi) is 5.98. The number of nitrogens with zero attached hydrogens (tertiary/aromatic N) is 4. The van der Waals surface area contributed by atoms with Gasteiger partial charge in [0.2, 0.25) is 5.91 Å². The summed E-state index contributed by atoms with van der Waals surface area (Å²) in [7, 11) is 1.28. The fourth-order valence-electron chi connectivity index (χ4n) is 7.91. The van der Waals surface area contributed by atoms with Crippen molar-refractivity contribution >= 4 is 51.7 Å². The molecule has 4 aromatic rings. The van der Waals surface area contributed by atoms with Crippen molar-refractivity contribution in [1.82, 2.24) is 19.5 Å². The molecule has 43 heavy (non-hydrogen) atoms. The molecule has 4 aliphatic rings. The Hall–Kier alpha value is -3.50. The van der Waals surface area contributed by atoms with Gasteiger partial charge in [-0.2, -0.15) is 0 Å². The number of aryl methyl sites for hydroxylation is 1. The minimum Gasteiger partial charge on any atom is -0.328 e. The molecule has 1 saturated heterocycles. The molecule has 3 aromatic carbocycles. The minimum absolute atomic E-state index is 0.000155. The van der Waals surface area contributed by atoms with Crippen LogP contribution in [0.25, 0.3) is 11.0 Å². The normalized spacial score (nSPS) is 26.0. The zero-order chi connectivity index (χ0) is 29.8. The molecule has 8 rings (SSSR count). The van der Waals surface area contributed by atoms with Crippen LogP contribution in [0.5, 0.6) is 0 Å². The number of fused-ring (bicyclic) bond motifs is 7. The Morgan fingerprint density at radius 2 is 1.98 bits per heavy atom. The van der Waals surface area contributed by atoms with Crippen LogP contribution in [0, 0.1) is 11.7 Å². The smallest absolute Gasteiger partial charge is 0.277 e. The number of imidazole rings is 1. The fraction of sp³-hybridized carbons (Fsp3) is 0.344. The van der Waals surface area contributed by atoms with Crippen molar-refractivity contribution in [1.29, 1.82) is 0 Å². The van der Waals surface area contributed by atoms with E-state index in [1.165, 1.54) is 13.1 Å². The molecule has 8 nitrogen and oxygen atoms in total. The van der Waals surface area contributed by atoms with Gasteiger partial charge in [0.1, 0.15) is 17.2 Å². The van der Waals surface area contributed by atoms with Crippen molar-refractivity contribution in [2.45, 2.75) is 49.2 Å². The van der Waals surface area contributed by atoms with Gasteiger partial charge in [-0.05, 0) is 67.1 Å². The number of benzene rings is 3. The van der Waals surface area contributed by atoms with Crippen LogP contribution in [0.1, 0.15) is 58.4 Å². The molecule has 4 heterocycles. The van der Waals surface area contributed by atoms with Gasteiger partial charge in [0, 0.05) is 59.9 Å². The van der Waals surface area contributed by atoms with Gasteiger partial charge in [-0.1, -0.05) is 41.4 Å². The first kappa shape index (κ1) is 27.1. The number of hydroxylamine groups is 2. The zero-order valence-electron chi connectivity index (χ0n) is 23.2. The van der Waals surface area contributed by atoms with Crippen LogP contribution in [0.15, 0.2) is 54.6 Å². The number of aromatic nitrogens is 2. The first-order valence-corrected chi connectivity index (χ1v) is 15.2. The van der Waals surface area contributed by atoms with Crippen molar-refractivity contribution in [3.8, 4) is 0 Å². The van der Waals surface area contributed by atoms with Gasteiger partial charge in [0.25, 0.3) is 5.91 Å². The van der Waals surface area contributed by atoms with Gasteiger partial charge >= 0.3 is 0 Å². The molecule has 0 radical (unpaired) electrons. The summed E-state index contributed by atoms with van der Waals surface area (Å²) in [5, 5.41) is 13.9. The topological polar surface area (TPSA) is 90.7 Å². The maximum atomic E-state index is 16.2. The number of anilines is 1. The Labute approximate surface area is 256 Å². The molecule has 1 aromatic heterocycles. The van der Waals surface area contributed by atoms with E-state index in [2.05, 4.69) is 14.8 Å². The number of nitrogens with one attached hydrogen (secondary N) is 1. The predicted octanol–water partition coefficient (Wildman–Crippen LogP) is 6.16. The van der Waals surface area contributed by atoms with E-state index in [-0.39, 0.29) is 22.9 Å². The van der Waals surface area contributed by atoms with E-state index in [4.69, 9.17) is 28.2 Å². The van der Waals surface area contributed by atoms with Gasteiger partial charge in [-0.3, -0.25) is 19.7 Å². The van der Waals surface area contributed by atoms with Gasteiger partial charge < -0.3 is 9.88 Å². The van der Waals surface area contributed by atoms with E-state index in [0.717, 1.165) is 36.2 Å². The summed E-state index contributed by atoms with van der Waals surface area (Å²) in [6.45, 7) is 1.36. The van der Waals surface area contributed by atoms with Gasteiger partial charge in [-0.25, -0.2) is 14.4 Å². The Morgan fingerprint density at radius 3 is 2.74 bits per heavy atom. The van der Waals surface area contributed by atoms with Crippen LogP contribution >= 0.6 is 23.2 Å². The molecule has 3 aliphatic heterocycles. The third kappa shape index (κ3) is 3.78. The number of rotatable bonds is 4. The van der Waals surface area contributed by atoms with Gasteiger partial charge in [0.05, 0.1) is 16.1 Å². The van der Waals surface area contributed by atoms with Crippen LogP contribution in [0.3, 0.4) is 0 Å². The summed E-state index contributed by atoms with van der Waals surface area (Å²) in [6.07, 6.45) is 2.90. The summed E-state index contributed by atoms with van der Waals surface area (Å²) in [4.78, 5) is 34.5. The number of halogens is 3. The SMILES string of the molecule is CN(O)C(=O)c1ccc2c(c1)nc1n2CC[C@H]2[C@@H]1[C@H](c1cccc(Cl)c1F)[C@]1(C(=O)Nc3cc(Cl)ccc31)N2CC1CC1. The monoisotopic (exact) mass is 619 g/mol. The molecule has 0 bridgehead atoms. The lowest BCUT2D eigenvalue weighted by molar-refractivity contribution is -0.128. The standard InChI is InChI=1S/C32H28Cl2FN5O3/c1-38(43)30(41)17-7-10-24-23(13-17)36-29-26-25(11-12-39(24)29)40(15-16-5-6-16)32(27(26)19-3-2-4-21(34)28(19)35)20-9-8-18(33)14-22(20)37-31(32)42/h2-4,7-10,13-14,16,25-27,43H,5-6,11-12,15H2,1H3,(H,37,42)/t25-,26+,27-,32+/m0/s1. The van der Waals surface area contributed by atoms with E-state index < -0.39 is 23.2 Å². The number of hydrogen-bond donors (Lipinski definition) is 2. The molecule has 1 aliphatic carbocycles. The highest BCUT2D eigenvalue weighted by molar-refractivity contribution is 6.31. The summed E-state index contributed by atoms with van der Waals surface area (Å²) in [5.41, 5.74) is 2.33. The summed E-state index contributed by atoms with van der Waals surface area (Å²) >= 11 is 12.8. The van der Waals surface area contributed by atoms with Crippen molar-refractivity contribution in [2.24, 2.45) is 5.92 Å². The highest BCUT2D eigenvalue weighted by atomic mass is 35.5. The number of hydrogen-bond acceptors (Lipinski definition) is 5. The Morgan fingerprint density at radius 1 is 1.16 bits per heavy atom. The third-order valence-electron chi connectivity index (χ3n) is 9.80. The number of likely N-dealkylation sites (tertiary alicyclic amines) is 1. The van der Waals surface area contributed by atoms with E-state index in [9.17, 15) is 14.8 Å². The molecule has 1 saturated carbocycles. The van der Waals surface area contributed by atoms with Gasteiger partial charge in [-0.15, -0.1) is 0 Å². The second-order valence-corrected chi connectivity index (χ2v) is 13.0. The molecule has 220 valence electrons. The summed E-state index contributed by atoms with van der Waals surface area (Å²) < 4.78 is 18.4. The first-order chi connectivity index (χ1) is 20.7. The Balaban J connectivity index is 1.40. The third-order valence-corrected chi connectivity index (χ3v) is 10.3. The van der Waals surface area contributed by atoms with Crippen LogP contribution in [0.4, 0.5) is 10.1 Å². The molecule has 11 heteroatoms. The van der Waals surface area contributed by atoms with E-state index in [1.54, 1.807) is 36.4 Å². The van der Waals surface area contributed by atoms with Crippen LogP contribution in [-0.4, -0.2) is 56.2 Å². The summed E-state index contributed by atoms with van der Waals surface area (Å²) in [5.74, 6) is -1.11. The van der Waals surface area contributed by atoms with Crippen LogP contribution in [-0.2, 0) is 16.9 Å². The highest BCUT2D eigenvalue weighted by Crippen LogP contribution is 2.64. The molecule has 0 unspecified atom stereocenters. The molecule has 1 spiro atoms. The number of amides is 2. The van der Waals surface area contributed by atoms with E-state index in [0.29, 0.717) is 51.4 Å². The lowest BCUT2D eigenvalue weighted by Gasteiger charge is -2.40. The first-order valence-electron chi connectivity index (χ1n) is 14.5. The van der Waals surface area contributed by atoms with Crippen LogP contribution < -0.4 is 5.32 Å². The maximum absolute atomic E-state index is 16.2. The summed E-state index contributed by atoms with van der Waals surface area (Å²) in [6, 6.07) is 15.5. The Bertz CT molecular complexity index is 1860. The van der Waals surface area contributed by atoms with Gasteiger partial charge in [0.15, 0.2) is 0 Å². The average Bonchev–Trinajstić information content (AvgIpc) is 3.57. The van der Waals surface area contributed by atoms with Crippen molar-refractivity contribution < 1.29 is 19.2 Å². The second kappa shape index (κ2) is 9.50. The second-order valence-electron chi connectivity index (χ2n) is 12.2. The van der Waals surface area contributed by atoms with E-state index >= 15 is 4.39 Å². The van der Waals surface area contributed by atoms with Crippen LogP contribution in [0.2, 0.25) is 10.0 Å². The van der Waals surface area contributed by atoms with Crippen molar-refractivity contribution in [3.05, 3.63) is 93.0 Å². The molecule has 4 atom stereocenters.